The number of carbonyl (C=O) groups is 1. The summed E-state index contributed by atoms with van der Waals surface area (Å²) in [6.07, 6.45) is 9.39. The number of aromatic nitrogens is 3. The average molecular weight is 554 g/mol. The molecule has 2 saturated heterocycles. The second kappa shape index (κ2) is 12.1. The Morgan fingerprint density at radius 1 is 1.05 bits per heavy atom. The Hall–Kier alpha value is -4.23. The van der Waals surface area contributed by atoms with E-state index in [1.54, 1.807) is 12.4 Å². The van der Waals surface area contributed by atoms with Gasteiger partial charge in [-0.3, -0.25) is 9.78 Å². The van der Waals surface area contributed by atoms with Crippen LogP contribution in [0.15, 0.2) is 48.8 Å². The van der Waals surface area contributed by atoms with Gasteiger partial charge < -0.3 is 25.0 Å². The number of ether oxygens (including phenoxy) is 2. The predicted octanol–water partition coefficient (Wildman–Crippen LogP) is 4.71. The van der Waals surface area contributed by atoms with Crippen LogP contribution in [0.4, 0.5) is 17.3 Å². The second-order valence-corrected chi connectivity index (χ2v) is 11.0. The molecule has 1 aromatic carbocycles. The number of hydrogen-bond donors (Lipinski definition) is 2. The minimum Gasteiger partial charge on any atom is -0.490 e. The summed E-state index contributed by atoms with van der Waals surface area (Å²) in [6.45, 7) is 4.32. The van der Waals surface area contributed by atoms with E-state index in [2.05, 4.69) is 38.5 Å². The summed E-state index contributed by atoms with van der Waals surface area (Å²) < 4.78 is 11.5. The minimum atomic E-state index is -0.115. The van der Waals surface area contributed by atoms with Crippen molar-refractivity contribution < 1.29 is 14.3 Å². The zero-order chi connectivity index (χ0) is 28.2. The van der Waals surface area contributed by atoms with Crippen LogP contribution >= 0.6 is 0 Å². The topological polar surface area (TPSA) is 125 Å². The van der Waals surface area contributed by atoms with Gasteiger partial charge in [0.2, 0.25) is 0 Å². The third-order valence-electron chi connectivity index (χ3n) is 8.10. The molecule has 0 bridgehead atoms. The summed E-state index contributed by atoms with van der Waals surface area (Å²) in [5.41, 5.74) is 2.65. The van der Waals surface area contributed by atoms with Gasteiger partial charge >= 0.3 is 0 Å². The molecule has 3 aliphatic rings. The van der Waals surface area contributed by atoms with Gasteiger partial charge in [0, 0.05) is 55.0 Å². The van der Waals surface area contributed by atoms with Crippen molar-refractivity contribution in [2.24, 2.45) is 0 Å². The zero-order valence-corrected chi connectivity index (χ0v) is 23.3. The number of carbonyl (C=O) groups excluding carboxylic acids is 1. The highest BCUT2D eigenvalue weighted by atomic mass is 16.5. The first kappa shape index (κ1) is 27.0. The first-order valence-electron chi connectivity index (χ1n) is 14.5. The van der Waals surface area contributed by atoms with Gasteiger partial charge in [-0.15, -0.1) is 0 Å². The number of nitrogens with one attached hydrogen (secondary N) is 2. The number of nitriles is 1. The Balaban J connectivity index is 1.12. The maximum atomic E-state index is 13.0. The molecule has 1 saturated carbocycles. The quantitative estimate of drug-likeness (QED) is 0.408. The molecule has 2 aliphatic heterocycles. The minimum absolute atomic E-state index is 0.0110. The molecule has 10 nitrogen and oxygen atoms in total. The van der Waals surface area contributed by atoms with Crippen LogP contribution < -0.4 is 20.3 Å². The molecule has 10 heteroatoms. The molecule has 0 spiro atoms. The third kappa shape index (κ3) is 6.41. The van der Waals surface area contributed by atoms with Crippen molar-refractivity contribution >= 4 is 23.2 Å². The summed E-state index contributed by atoms with van der Waals surface area (Å²) in [4.78, 5) is 28.8. The van der Waals surface area contributed by atoms with Crippen molar-refractivity contribution in [3.05, 3.63) is 65.7 Å². The number of pyridine rings is 1. The molecule has 1 aliphatic carbocycles. The summed E-state index contributed by atoms with van der Waals surface area (Å²) in [5, 5.41) is 16.1. The molecule has 6 rings (SSSR count). The van der Waals surface area contributed by atoms with Crippen molar-refractivity contribution in [1.82, 2.24) is 20.3 Å². The Morgan fingerprint density at radius 2 is 1.85 bits per heavy atom. The number of hydrogen-bond acceptors (Lipinski definition) is 9. The fourth-order valence-electron chi connectivity index (χ4n) is 5.50. The Labute approximate surface area is 240 Å². The van der Waals surface area contributed by atoms with Crippen molar-refractivity contribution in [2.75, 3.05) is 30.0 Å². The van der Waals surface area contributed by atoms with Crippen LogP contribution in [0.5, 0.6) is 5.75 Å². The number of benzene rings is 1. The molecule has 41 heavy (non-hydrogen) atoms. The summed E-state index contributed by atoms with van der Waals surface area (Å²) in [7, 11) is 0. The molecule has 1 amide bonds. The molecule has 3 fully saturated rings. The van der Waals surface area contributed by atoms with E-state index in [-0.39, 0.29) is 29.8 Å². The van der Waals surface area contributed by atoms with E-state index in [0.717, 1.165) is 62.6 Å². The number of rotatable bonds is 8. The lowest BCUT2D eigenvalue weighted by Crippen LogP contribution is -2.54. The average Bonchev–Trinajstić information content (AvgIpc) is 3.86. The van der Waals surface area contributed by atoms with Crippen LogP contribution in [0.25, 0.3) is 0 Å². The maximum absolute atomic E-state index is 13.0. The maximum Gasteiger partial charge on any atom is 0.253 e. The lowest BCUT2D eigenvalue weighted by atomic mass is 9.97. The smallest absolute Gasteiger partial charge is 0.253 e. The Kier molecular flexibility index (Phi) is 7.96. The molecule has 2 atom stereocenters. The molecular weight excluding hydrogens is 518 g/mol. The first-order chi connectivity index (χ1) is 20.1. The van der Waals surface area contributed by atoms with Gasteiger partial charge in [0.1, 0.15) is 23.7 Å². The van der Waals surface area contributed by atoms with Crippen LogP contribution in [0.1, 0.15) is 73.1 Å². The highest BCUT2D eigenvalue weighted by Gasteiger charge is 2.31. The van der Waals surface area contributed by atoms with Crippen LogP contribution in [0, 0.1) is 11.3 Å². The van der Waals surface area contributed by atoms with Gasteiger partial charge in [0.05, 0.1) is 25.0 Å². The molecule has 2 N–H and O–H groups in total. The fourth-order valence-corrected chi connectivity index (χ4v) is 5.50. The van der Waals surface area contributed by atoms with Gasteiger partial charge in [-0.05, 0) is 69.0 Å². The van der Waals surface area contributed by atoms with E-state index >= 15 is 0 Å². The number of piperidine rings is 1. The number of amides is 1. The van der Waals surface area contributed by atoms with Crippen LogP contribution in [-0.2, 0) is 4.74 Å². The molecule has 212 valence electrons. The fraction of sp³-hybridized carbons (Fsp3) is 0.452. The van der Waals surface area contributed by atoms with Crippen molar-refractivity contribution in [1.29, 1.82) is 5.26 Å². The second-order valence-electron chi connectivity index (χ2n) is 11.0. The van der Waals surface area contributed by atoms with Crippen molar-refractivity contribution in [3.63, 3.8) is 0 Å². The molecule has 0 radical (unpaired) electrons. The van der Waals surface area contributed by atoms with Gasteiger partial charge in [-0.25, -0.2) is 9.97 Å². The highest BCUT2D eigenvalue weighted by Crippen LogP contribution is 2.38. The van der Waals surface area contributed by atoms with E-state index in [1.165, 1.54) is 12.8 Å². The van der Waals surface area contributed by atoms with E-state index in [0.29, 0.717) is 23.1 Å². The highest BCUT2D eigenvalue weighted by molar-refractivity contribution is 5.94. The number of anilines is 3. The first-order valence-corrected chi connectivity index (χ1v) is 14.5. The van der Waals surface area contributed by atoms with Crippen LogP contribution in [0.2, 0.25) is 0 Å². The molecular formula is C31H35N7O3. The zero-order valence-electron chi connectivity index (χ0n) is 23.3. The largest absolute Gasteiger partial charge is 0.490 e. The van der Waals surface area contributed by atoms with E-state index < -0.39 is 0 Å². The van der Waals surface area contributed by atoms with Gasteiger partial charge in [0.25, 0.3) is 5.91 Å². The summed E-state index contributed by atoms with van der Waals surface area (Å²) in [6, 6.07) is 13.5. The van der Waals surface area contributed by atoms with E-state index in [4.69, 9.17) is 14.5 Å². The Bertz CT molecular complexity index is 1400. The van der Waals surface area contributed by atoms with Gasteiger partial charge in [0.15, 0.2) is 11.5 Å². The van der Waals surface area contributed by atoms with Gasteiger partial charge in [-0.2, -0.15) is 5.26 Å². The van der Waals surface area contributed by atoms with Crippen LogP contribution in [0.3, 0.4) is 0 Å². The lowest BCUT2D eigenvalue weighted by Gasteiger charge is -2.40. The standard InChI is InChI=1S/C31H35N7O3/c1-20-26(36-31(39)22-6-11-27(33-18-22)21-4-5-21)3-2-14-38(20)29-19-34-28(17-32)30(37-29)35-23-7-9-24(10-8-23)41-25-12-15-40-16-13-25/h6-11,18-21,25-26H,2-5,12-16H2,1H3,(H,35,37)(H,36,39)/t20-,26-/m1/s1. The molecule has 4 heterocycles. The SMILES string of the molecule is C[C@@H]1[C@H](NC(=O)c2ccc(C3CC3)nc2)CCCN1c1cnc(C#N)c(Nc2ccc(OC3CCOCC3)cc2)n1. The predicted molar refractivity (Wildman–Crippen MR) is 154 cm³/mol. The molecule has 0 unspecified atom stereocenters. The lowest BCUT2D eigenvalue weighted by molar-refractivity contribution is 0.0256. The van der Waals surface area contributed by atoms with Crippen LogP contribution in [-0.4, -0.2) is 58.8 Å². The normalized spacial score (nSPS) is 21.1. The molecule has 3 aromatic rings. The summed E-state index contributed by atoms with van der Waals surface area (Å²) >= 11 is 0. The molecule has 2 aromatic heterocycles. The summed E-state index contributed by atoms with van der Waals surface area (Å²) in [5.74, 6) is 2.29. The Morgan fingerprint density at radius 3 is 2.56 bits per heavy atom. The number of nitrogens with zero attached hydrogens (tertiary/aromatic N) is 5. The van der Waals surface area contributed by atoms with Crippen molar-refractivity contribution in [3.8, 4) is 11.8 Å². The third-order valence-corrected chi connectivity index (χ3v) is 8.10. The van der Waals surface area contributed by atoms with Gasteiger partial charge in [-0.1, -0.05) is 0 Å². The monoisotopic (exact) mass is 553 g/mol. The van der Waals surface area contributed by atoms with E-state index in [9.17, 15) is 10.1 Å². The van der Waals surface area contributed by atoms with E-state index in [1.807, 2.05) is 36.4 Å². The van der Waals surface area contributed by atoms with Crippen molar-refractivity contribution in [2.45, 2.75) is 69.6 Å².